The second-order valence-corrected chi connectivity index (χ2v) is 5.50. The van der Waals surface area contributed by atoms with E-state index in [1.807, 2.05) is 18.2 Å². The van der Waals surface area contributed by atoms with Crippen LogP contribution in [-0.4, -0.2) is 26.2 Å². The Bertz CT molecular complexity index is 781. The maximum Gasteiger partial charge on any atom is 0.195 e. The fraction of sp³-hybridized carbons (Fsp3) is 0.278. The second-order valence-electron chi connectivity index (χ2n) is 5.50. The van der Waals surface area contributed by atoms with Crippen LogP contribution in [0.25, 0.3) is 0 Å². The van der Waals surface area contributed by atoms with Gasteiger partial charge in [-0.25, -0.2) is 8.78 Å². The lowest BCUT2D eigenvalue weighted by molar-refractivity contribution is 0.297. The van der Waals surface area contributed by atoms with Crippen molar-refractivity contribution in [1.29, 1.82) is 0 Å². The molecule has 25 heavy (non-hydrogen) atoms. The summed E-state index contributed by atoms with van der Waals surface area (Å²) in [4.78, 5) is 4.09. The Morgan fingerprint density at radius 3 is 2.68 bits per heavy atom. The van der Waals surface area contributed by atoms with E-state index in [1.54, 1.807) is 7.05 Å². The third-order valence-electron chi connectivity index (χ3n) is 3.69. The molecule has 2 aromatic carbocycles. The molecule has 0 spiro atoms. The first-order valence-electron chi connectivity index (χ1n) is 7.97. The highest BCUT2D eigenvalue weighted by Crippen LogP contribution is 2.32. The van der Waals surface area contributed by atoms with Crippen molar-refractivity contribution in [3.8, 4) is 11.5 Å². The van der Waals surface area contributed by atoms with Crippen LogP contribution in [0.3, 0.4) is 0 Å². The van der Waals surface area contributed by atoms with E-state index in [-0.39, 0.29) is 12.1 Å². The highest BCUT2D eigenvalue weighted by Gasteiger charge is 2.11. The minimum atomic E-state index is -0.482. The van der Waals surface area contributed by atoms with Crippen LogP contribution in [0.5, 0.6) is 11.5 Å². The molecule has 5 nitrogen and oxygen atoms in total. The van der Waals surface area contributed by atoms with Crippen LogP contribution < -0.4 is 20.1 Å². The molecule has 0 aliphatic carbocycles. The van der Waals surface area contributed by atoms with Crippen molar-refractivity contribution in [2.24, 2.45) is 4.99 Å². The average Bonchev–Trinajstić information content (AvgIpc) is 2.86. The smallest absolute Gasteiger partial charge is 0.195 e. The molecule has 0 fully saturated rings. The number of halogens is 2. The van der Waals surface area contributed by atoms with E-state index in [1.165, 1.54) is 0 Å². The Hall–Kier alpha value is -2.83. The number of ether oxygens (including phenoxy) is 2. The SMILES string of the molecule is CN=C(NCc1cc(F)ccc1F)Nc1ccc2c(c1)OCCCO2. The molecule has 0 unspecified atom stereocenters. The van der Waals surface area contributed by atoms with Crippen LogP contribution in [0.2, 0.25) is 0 Å². The van der Waals surface area contributed by atoms with Crippen LogP contribution in [0.1, 0.15) is 12.0 Å². The molecule has 2 N–H and O–H groups in total. The number of fused-ring (bicyclic) bond motifs is 1. The average molecular weight is 347 g/mol. The third kappa shape index (κ3) is 4.37. The predicted octanol–water partition coefficient (Wildman–Crippen LogP) is 3.31. The number of nitrogens with one attached hydrogen (secondary N) is 2. The highest BCUT2D eigenvalue weighted by molar-refractivity contribution is 5.93. The van der Waals surface area contributed by atoms with E-state index in [0.717, 1.165) is 30.3 Å². The molecule has 1 aliphatic heterocycles. The number of rotatable bonds is 3. The lowest BCUT2D eigenvalue weighted by Gasteiger charge is -2.14. The van der Waals surface area contributed by atoms with Crippen LogP contribution >= 0.6 is 0 Å². The topological polar surface area (TPSA) is 54.9 Å². The van der Waals surface area contributed by atoms with Crippen molar-refractivity contribution < 1.29 is 18.3 Å². The fourth-order valence-corrected chi connectivity index (χ4v) is 2.41. The van der Waals surface area contributed by atoms with Crippen molar-refractivity contribution in [3.05, 3.63) is 53.6 Å². The number of anilines is 1. The van der Waals surface area contributed by atoms with Gasteiger partial charge in [0.15, 0.2) is 17.5 Å². The first kappa shape index (κ1) is 17.0. The summed E-state index contributed by atoms with van der Waals surface area (Å²) in [7, 11) is 1.60. The molecule has 0 aromatic heterocycles. The van der Waals surface area contributed by atoms with Gasteiger partial charge in [0.2, 0.25) is 0 Å². The summed E-state index contributed by atoms with van der Waals surface area (Å²) in [6, 6.07) is 8.82. The molecule has 0 saturated carbocycles. The number of aliphatic imine (C=N–C) groups is 1. The van der Waals surface area contributed by atoms with Gasteiger partial charge in [0.1, 0.15) is 11.6 Å². The van der Waals surface area contributed by atoms with Gasteiger partial charge in [0, 0.05) is 37.3 Å². The molecule has 0 bridgehead atoms. The molecule has 3 rings (SSSR count). The van der Waals surface area contributed by atoms with Gasteiger partial charge in [0.05, 0.1) is 13.2 Å². The van der Waals surface area contributed by atoms with E-state index in [0.29, 0.717) is 30.7 Å². The van der Waals surface area contributed by atoms with E-state index in [2.05, 4.69) is 15.6 Å². The molecular formula is C18H19F2N3O2. The minimum absolute atomic E-state index is 0.105. The van der Waals surface area contributed by atoms with Crippen LogP contribution in [-0.2, 0) is 6.54 Å². The molecule has 1 heterocycles. The first-order valence-corrected chi connectivity index (χ1v) is 7.97. The molecule has 0 amide bonds. The van der Waals surface area contributed by atoms with Crippen LogP contribution in [0, 0.1) is 11.6 Å². The fourth-order valence-electron chi connectivity index (χ4n) is 2.41. The molecular weight excluding hydrogens is 328 g/mol. The van der Waals surface area contributed by atoms with Crippen molar-refractivity contribution in [2.75, 3.05) is 25.6 Å². The monoisotopic (exact) mass is 347 g/mol. The Morgan fingerprint density at radius 1 is 1.08 bits per heavy atom. The molecule has 0 radical (unpaired) electrons. The number of benzene rings is 2. The lowest BCUT2D eigenvalue weighted by atomic mass is 10.2. The van der Waals surface area contributed by atoms with E-state index in [4.69, 9.17) is 9.47 Å². The Morgan fingerprint density at radius 2 is 1.88 bits per heavy atom. The molecule has 2 aromatic rings. The molecule has 0 atom stereocenters. The largest absolute Gasteiger partial charge is 0.490 e. The second kappa shape index (κ2) is 7.83. The van der Waals surface area contributed by atoms with Gasteiger partial charge >= 0.3 is 0 Å². The summed E-state index contributed by atoms with van der Waals surface area (Å²) < 4.78 is 38.1. The zero-order chi connectivity index (χ0) is 17.6. The molecule has 7 heteroatoms. The number of hydrogen-bond donors (Lipinski definition) is 2. The highest BCUT2D eigenvalue weighted by atomic mass is 19.1. The predicted molar refractivity (Wildman–Crippen MR) is 92.2 cm³/mol. The summed E-state index contributed by atoms with van der Waals surface area (Å²) in [6.07, 6.45) is 0.833. The zero-order valence-corrected chi connectivity index (χ0v) is 13.8. The lowest BCUT2D eigenvalue weighted by Crippen LogP contribution is -2.30. The summed E-state index contributed by atoms with van der Waals surface area (Å²) in [5.41, 5.74) is 0.971. The van der Waals surface area contributed by atoms with Gasteiger partial charge < -0.3 is 20.1 Å². The molecule has 1 aliphatic rings. The Labute approximate surface area is 144 Å². The first-order chi connectivity index (χ1) is 12.2. The van der Waals surface area contributed by atoms with Crippen molar-refractivity contribution >= 4 is 11.6 Å². The molecule has 0 saturated heterocycles. The summed E-state index contributed by atoms with van der Waals surface area (Å²) in [5, 5.41) is 6.05. The van der Waals surface area contributed by atoms with Gasteiger partial charge in [0.25, 0.3) is 0 Å². The third-order valence-corrected chi connectivity index (χ3v) is 3.69. The number of nitrogens with zero attached hydrogens (tertiary/aromatic N) is 1. The van der Waals surface area contributed by atoms with Gasteiger partial charge in [-0.2, -0.15) is 0 Å². The molecule has 132 valence electrons. The quantitative estimate of drug-likeness (QED) is 0.661. The van der Waals surface area contributed by atoms with E-state index >= 15 is 0 Å². The van der Waals surface area contributed by atoms with E-state index in [9.17, 15) is 8.78 Å². The van der Waals surface area contributed by atoms with Crippen LogP contribution in [0.4, 0.5) is 14.5 Å². The Kier molecular flexibility index (Phi) is 5.33. The standard InChI is InChI=1S/C18H19F2N3O2/c1-21-18(22-11-12-9-13(19)3-5-15(12)20)23-14-4-6-16-17(10-14)25-8-2-7-24-16/h3-6,9-10H,2,7-8,11H2,1H3,(H2,21,22,23). The van der Waals surface area contributed by atoms with Crippen molar-refractivity contribution in [1.82, 2.24) is 5.32 Å². The van der Waals surface area contributed by atoms with Gasteiger partial charge in [-0.15, -0.1) is 0 Å². The normalized spacial score (nSPS) is 14.0. The van der Waals surface area contributed by atoms with Gasteiger partial charge in [-0.3, -0.25) is 4.99 Å². The van der Waals surface area contributed by atoms with Crippen LogP contribution in [0.15, 0.2) is 41.4 Å². The summed E-state index contributed by atoms with van der Waals surface area (Å²) in [6.45, 7) is 1.33. The van der Waals surface area contributed by atoms with Gasteiger partial charge in [-0.1, -0.05) is 0 Å². The van der Waals surface area contributed by atoms with Crippen molar-refractivity contribution in [3.63, 3.8) is 0 Å². The van der Waals surface area contributed by atoms with Gasteiger partial charge in [-0.05, 0) is 30.3 Å². The maximum atomic E-state index is 13.7. The Balaban J connectivity index is 1.66. The van der Waals surface area contributed by atoms with Crippen molar-refractivity contribution in [2.45, 2.75) is 13.0 Å². The van der Waals surface area contributed by atoms with E-state index < -0.39 is 11.6 Å². The summed E-state index contributed by atoms with van der Waals surface area (Å²) in [5.74, 6) is 0.837. The zero-order valence-electron chi connectivity index (χ0n) is 13.8. The number of hydrogen-bond acceptors (Lipinski definition) is 3. The minimum Gasteiger partial charge on any atom is -0.490 e. The summed E-state index contributed by atoms with van der Waals surface area (Å²) >= 11 is 0. The maximum absolute atomic E-state index is 13.7. The number of guanidine groups is 1.